The summed E-state index contributed by atoms with van der Waals surface area (Å²) in [6.07, 6.45) is 0. The van der Waals surface area contributed by atoms with E-state index < -0.39 is 8.07 Å². The van der Waals surface area contributed by atoms with Crippen molar-refractivity contribution in [2.24, 2.45) is 0 Å². The highest BCUT2D eigenvalue weighted by atomic mass is 28.3. The summed E-state index contributed by atoms with van der Waals surface area (Å²) < 4.78 is 6.44. The van der Waals surface area contributed by atoms with Crippen molar-refractivity contribution in [3.05, 3.63) is 181 Å². The van der Waals surface area contributed by atoms with Gasteiger partial charge in [0.1, 0.15) is 8.07 Å². The fourth-order valence-electron chi connectivity index (χ4n) is 7.71. The molecule has 252 valence electrons. The zero-order valence-corrected chi connectivity index (χ0v) is 30.2. The largest absolute Gasteiger partial charge is 0.453 e. The molecule has 0 spiro atoms. The van der Waals surface area contributed by atoms with Gasteiger partial charge in [0.2, 0.25) is 0 Å². The minimum absolute atomic E-state index is 0.567. The summed E-state index contributed by atoms with van der Waals surface area (Å²) in [6.45, 7) is 12.5. The Bertz CT molecular complexity index is 2470. The number of hydrogen-bond donors (Lipinski definition) is 0. The summed E-state index contributed by atoms with van der Waals surface area (Å²) in [4.78, 5) is 10.5. The highest BCUT2D eigenvalue weighted by molar-refractivity contribution is 7.02. The van der Waals surface area contributed by atoms with Crippen LogP contribution in [0.25, 0.3) is 4.85 Å². The number of anilines is 9. The molecule has 2 aliphatic rings. The number of nitrogens with zero attached hydrogens (tertiary/aromatic N) is 5. The van der Waals surface area contributed by atoms with E-state index in [0.717, 1.165) is 51.3 Å². The molecule has 0 aliphatic carbocycles. The number of para-hydroxylation sites is 6. The number of fused-ring (bicyclic) bond motifs is 4. The number of hydrogen-bond acceptors (Lipinski definition) is 5. The number of nitriles is 1. The molecule has 0 amide bonds. The van der Waals surface area contributed by atoms with E-state index in [4.69, 9.17) is 11.3 Å². The van der Waals surface area contributed by atoms with Crippen LogP contribution in [0.1, 0.15) is 5.56 Å². The van der Waals surface area contributed by atoms with Crippen LogP contribution in [-0.2, 0) is 0 Å². The molecule has 0 N–H and O–H groups in total. The van der Waals surface area contributed by atoms with Gasteiger partial charge in [-0.2, -0.15) is 5.26 Å². The highest BCUT2D eigenvalue weighted by Gasteiger charge is 2.39. The van der Waals surface area contributed by atoms with Crippen LogP contribution in [0.15, 0.2) is 164 Å². The van der Waals surface area contributed by atoms with Crippen LogP contribution >= 0.6 is 0 Å². The van der Waals surface area contributed by atoms with Crippen LogP contribution in [0.3, 0.4) is 0 Å². The normalized spacial score (nSPS) is 13.3. The van der Waals surface area contributed by atoms with Crippen molar-refractivity contribution in [2.75, 3.05) is 14.7 Å². The predicted molar refractivity (Wildman–Crippen MR) is 218 cm³/mol. The van der Waals surface area contributed by atoms with Crippen LogP contribution < -0.4 is 29.8 Å². The van der Waals surface area contributed by atoms with E-state index in [1.807, 2.05) is 84.9 Å². The molecule has 7 aromatic carbocycles. The van der Waals surface area contributed by atoms with Crippen LogP contribution in [-0.4, -0.2) is 8.07 Å². The second-order valence-corrected chi connectivity index (χ2v) is 18.0. The van der Waals surface area contributed by atoms with Gasteiger partial charge in [-0.05, 0) is 101 Å². The minimum Gasteiger partial charge on any atom is -0.453 e. The Morgan fingerprint density at radius 3 is 1.53 bits per heavy atom. The summed E-state index contributed by atoms with van der Waals surface area (Å²) in [5.74, 6) is 1.55. The molecule has 0 radical (unpaired) electrons. The van der Waals surface area contributed by atoms with E-state index in [2.05, 4.69) is 118 Å². The van der Waals surface area contributed by atoms with E-state index >= 15 is 0 Å². The van der Waals surface area contributed by atoms with Gasteiger partial charge in [0.05, 0.1) is 46.6 Å². The fraction of sp³-hybridized carbons (Fsp3) is 0.0435. The first-order valence-electron chi connectivity index (χ1n) is 17.5. The highest BCUT2D eigenvalue weighted by Crippen LogP contribution is 2.53. The van der Waals surface area contributed by atoms with E-state index in [9.17, 15) is 5.26 Å². The van der Waals surface area contributed by atoms with Crippen LogP contribution in [0, 0.1) is 17.9 Å². The molecule has 0 fully saturated rings. The topological polar surface area (TPSA) is 47.1 Å². The summed E-state index contributed by atoms with van der Waals surface area (Å²) in [5.41, 5.74) is 10.0. The van der Waals surface area contributed by atoms with Crippen LogP contribution in [0.4, 0.5) is 56.9 Å². The second kappa shape index (κ2) is 12.6. The molecule has 0 saturated heterocycles. The van der Waals surface area contributed by atoms with Gasteiger partial charge >= 0.3 is 0 Å². The molecular weight excluding hydrogens is 667 g/mol. The Balaban J connectivity index is 1.35. The minimum atomic E-state index is -2.04. The van der Waals surface area contributed by atoms with E-state index in [-0.39, 0.29) is 0 Å². The van der Waals surface area contributed by atoms with Crippen LogP contribution in [0.2, 0.25) is 13.1 Å². The molecule has 2 heterocycles. The lowest BCUT2D eigenvalue weighted by Crippen LogP contribution is -2.58. The van der Waals surface area contributed by atoms with Gasteiger partial charge in [0.15, 0.2) is 17.2 Å². The Labute approximate surface area is 310 Å². The van der Waals surface area contributed by atoms with E-state index in [1.165, 1.54) is 21.7 Å². The molecule has 0 aromatic heterocycles. The first-order valence-corrected chi connectivity index (χ1v) is 20.5. The summed E-state index contributed by atoms with van der Waals surface area (Å²) in [7, 11) is -2.04. The Hall–Kier alpha value is -7.06. The molecule has 0 atom stereocenters. The zero-order valence-electron chi connectivity index (χ0n) is 29.2. The molecule has 2 aliphatic heterocycles. The molecule has 9 rings (SSSR count). The Morgan fingerprint density at radius 2 is 1.02 bits per heavy atom. The average molecular weight is 700 g/mol. The monoisotopic (exact) mass is 699 g/mol. The third-order valence-corrected chi connectivity index (χ3v) is 13.8. The second-order valence-electron chi connectivity index (χ2n) is 13.7. The zero-order chi connectivity index (χ0) is 36.1. The number of rotatable bonds is 5. The molecule has 0 bridgehead atoms. The Morgan fingerprint density at radius 1 is 0.566 bits per heavy atom. The lowest BCUT2D eigenvalue weighted by molar-refractivity contribution is 0.477. The van der Waals surface area contributed by atoms with Crippen molar-refractivity contribution in [1.29, 1.82) is 5.26 Å². The van der Waals surface area contributed by atoms with Crippen molar-refractivity contribution < 1.29 is 4.74 Å². The van der Waals surface area contributed by atoms with Gasteiger partial charge in [-0.15, -0.1) is 0 Å². The third-order valence-electron chi connectivity index (χ3n) is 10.2. The standard InChI is InChI=1S/C46H33N5OSi/c1-48-33-22-26-35(27-23-33)49(34-24-20-32(31-47)21-25-34)36-28-37(50-39-12-4-8-16-43(39)52-44-17-9-5-13-40(44)50)30-38(29-36)51-41-14-6-10-18-45(41)53(2,3)46-19-11-7-15-42(46)51/h4-30H,2-3H3. The average Bonchev–Trinajstić information content (AvgIpc) is 3.20. The maximum absolute atomic E-state index is 9.67. The molecule has 53 heavy (non-hydrogen) atoms. The van der Waals surface area contributed by atoms with Crippen molar-refractivity contribution in [1.82, 2.24) is 0 Å². The third kappa shape index (κ3) is 5.31. The molecule has 0 saturated carbocycles. The summed E-state index contributed by atoms with van der Waals surface area (Å²) in [6, 6.07) is 58.3. The van der Waals surface area contributed by atoms with Crippen molar-refractivity contribution in [3.63, 3.8) is 0 Å². The SMILES string of the molecule is [C-]#[N+]c1ccc(N(c2ccc(C#N)cc2)c2cc(N3c4ccccc4Oc4ccccc43)cc(N3c4ccccc4[Si](C)(C)c4ccccc43)c2)cc1. The maximum atomic E-state index is 9.67. The lowest BCUT2D eigenvalue weighted by Gasteiger charge is -2.42. The van der Waals surface area contributed by atoms with Crippen molar-refractivity contribution in [2.45, 2.75) is 13.1 Å². The summed E-state index contributed by atoms with van der Waals surface area (Å²) >= 11 is 0. The predicted octanol–water partition coefficient (Wildman–Crippen LogP) is 11.8. The Kier molecular flexibility index (Phi) is 7.59. The number of benzene rings is 7. The quantitative estimate of drug-likeness (QED) is 0.132. The van der Waals surface area contributed by atoms with Gasteiger partial charge in [-0.1, -0.05) is 85.9 Å². The molecule has 7 aromatic rings. The fourth-order valence-corrected chi connectivity index (χ4v) is 10.7. The van der Waals surface area contributed by atoms with E-state index in [1.54, 1.807) is 0 Å². The molecule has 6 nitrogen and oxygen atoms in total. The molecule has 0 unspecified atom stereocenters. The van der Waals surface area contributed by atoms with Crippen LogP contribution in [0.5, 0.6) is 11.5 Å². The summed E-state index contributed by atoms with van der Waals surface area (Å²) in [5, 5.41) is 12.4. The van der Waals surface area contributed by atoms with Crippen molar-refractivity contribution in [3.8, 4) is 17.6 Å². The maximum Gasteiger partial charge on any atom is 0.187 e. The van der Waals surface area contributed by atoms with Crippen molar-refractivity contribution >= 4 is 75.3 Å². The first-order chi connectivity index (χ1) is 25.9. The lowest BCUT2D eigenvalue weighted by atomic mass is 10.1. The smallest absolute Gasteiger partial charge is 0.187 e. The number of ether oxygens (including phenoxy) is 1. The first kappa shape index (κ1) is 31.9. The van der Waals surface area contributed by atoms with Gasteiger partial charge in [-0.3, -0.25) is 0 Å². The van der Waals surface area contributed by atoms with Gasteiger partial charge < -0.3 is 19.4 Å². The van der Waals surface area contributed by atoms with Gasteiger partial charge in [-0.25, -0.2) is 4.85 Å². The van der Waals surface area contributed by atoms with E-state index in [0.29, 0.717) is 11.3 Å². The van der Waals surface area contributed by atoms with Gasteiger partial charge in [0, 0.05) is 22.7 Å². The van der Waals surface area contributed by atoms with Gasteiger partial charge in [0.25, 0.3) is 0 Å². The molecular formula is C46H33N5OSi. The molecule has 7 heteroatoms.